The Morgan fingerprint density at radius 2 is 1.85 bits per heavy atom. The van der Waals surface area contributed by atoms with Crippen molar-refractivity contribution in [2.75, 3.05) is 31.1 Å². The van der Waals surface area contributed by atoms with Gasteiger partial charge in [0.15, 0.2) is 0 Å². The molecule has 0 saturated carbocycles. The van der Waals surface area contributed by atoms with Crippen LogP contribution in [0.2, 0.25) is 0 Å². The Morgan fingerprint density at radius 1 is 1.12 bits per heavy atom. The molecule has 5 rings (SSSR count). The number of likely N-dealkylation sites (tertiary alicyclic amines) is 1. The van der Waals surface area contributed by atoms with E-state index in [-0.39, 0.29) is 22.7 Å². The highest BCUT2D eigenvalue weighted by molar-refractivity contribution is 7.18. The minimum Gasteiger partial charge on any atom is -0.355 e. The van der Waals surface area contributed by atoms with Gasteiger partial charge in [-0.15, -0.1) is 23.7 Å². The molecule has 3 aromatic rings. The van der Waals surface area contributed by atoms with Gasteiger partial charge in [-0.3, -0.25) is 4.90 Å². The molecule has 0 amide bonds. The van der Waals surface area contributed by atoms with Gasteiger partial charge in [0, 0.05) is 42.5 Å². The summed E-state index contributed by atoms with van der Waals surface area (Å²) < 4.78 is 38.7. The predicted molar refractivity (Wildman–Crippen MR) is 133 cm³/mol. The van der Waals surface area contributed by atoms with E-state index in [1.807, 2.05) is 0 Å². The highest BCUT2D eigenvalue weighted by Crippen LogP contribution is 2.44. The van der Waals surface area contributed by atoms with Crippen molar-refractivity contribution in [1.82, 2.24) is 14.9 Å². The van der Waals surface area contributed by atoms with Crippen LogP contribution in [0.3, 0.4) is 0 Å². The Balaban J connectivity index is 0.00000274. The van der Waals surface area contributed by atoms with E-state index in [0.29, 0.717) is 17.4 Å². The second-order valence-electron chi connectivity index (χ2n) is 9.43. The summed E-state index contributed by atoms with van der Waals surface area (Å²) in [4.78, 5) is 14.4. The molecule has 10 heteroatoms. The fourth-order valence-corrected chi connectivity index (χ4v) is 6.34. The van der Waals surface area contributed by atoms with E-state index in [0.717, 1.165) is 67.1 Å². The van der Waals surface area contributed by atoms with Gasteiger partial charge in [0.2, 0.25) is 0 Å². The van der Waals surface area contributed by atoms with Crippen molar-refractivity contribution in [2.45, 2.75) is 44.9 Å². The molecule has 2 aliphatic heterocycles. The molecule has 1 spiro atoms. The zero-order valence-corrected chi connectivity index (χ0v) is 20.6. The van der Waals surface area contributed by atoms with Gasteiger partial charge in [0.25, 0.3) is 0 Å². The largest absolute Gasteiger partial charge is 0.393 e. The van der Waals surface area contributed by atoms with E-state index in [2.05, 4.69) is 51.0 Å². The van der Waals surface area contributed by atoms with Crippen LogP contribution in [0, 0.1) is 5.41 Å². The third-order valence-corrected chi connectivity index (χ3v) is 8.23. The average Bonchev–Trinajstić information content (AvgIpc) is 3.50. The molecule has 2 aliphatic rings. The van der Waals surface area contributed by atoms with E-state index in [1.54, 1.807) is 6.07 Å². The number of hydrogen-bond donors (Lipinski definition) is 1. The molecule has 1 aromatic carbocycles. The maximum Gasteiger partial charge on any atom is 0.393 e. The van der Waals surface area contributed by atoms with Crippen LogP contribution in [0.5, 0.6) is 0 Å². The van der Waals surface area contributed by atoms with Gasteiger partial charge in [-0.05, 0) is 43.5 Å². The maximum absolute atomic E-state index is 12.9. The zero-order valence-electron chi connectivity index (χ0n) is 19.0. The van der Waals surface area contributed by atoms with Crippen molar-refractivity contribution in [3.05, 3.63) is 52.7 Å². The summed E-state index contributed by atoms with van der Waals surface area (Å²) in [6, 6.07) is 10.5. The van der Waals surface area contributed by atoms with Gasteiger partial charge < -0.3 is 10.6 Å². The third-order valence-electron chi connectivity index (χ3n) is 7.19. The molecule has 0 radical (unpaired) electrons. The number of halogens is 4. The fraction of sp³-hybridized carbons (Fsp3) is 0.500. The van der Waals surface area contributed by atoms with Crippen LogP contribution in [-0.2, 0) is 13.0 Å². The smallest absolute Gasteiger partial charge is 0.355 e. The van der Waals surface area contributed by atoms with Crippen molar-refractivity contribution in [3.63, 3.8) is 0 Å². The molecule has 0 aliphatic carbocycles. The molecule has 2 aromatic heterocycles. The first kappa shape index (κ1) is 25.2. The number of nitrogens with two attached hydrogens (primary N) is 1. The number of aromatic nitrogens is 2. The summed E-state index contributed by atoms with van der Waals surface area (Å²) in [7, 11) is 0. The first-order valence-electron chi connectivity index (χ1n) is 11.3. The molecule has 2 unspecified atom stereocenters. The highest BCUT2D eigenvalue weighted by atomic mass is 35.5. The van der Waals surface area contributed by atoms with Crippen molar-refractivity contribution in [3.8, 4) is 0 Å². The first-order valence-corrected chi connectivity index (χ1v) is 12.1. The zero-order chi connectivity index (χ0) is 23.2. The summed E-state index contributed by atoms with van der Waals surface area (Å²) in [5.41, 5.74) is 8.35. The van der Waals surface area contributed by atoms with Crippen LogP contribution < -0.4 is 10.6 Å². The molecule has 2 atom stereocenters. The monoisotopic (exact) mass is 511 g/mol. The van der Waals surface area contributed by atoms with E-state index in [1.165, 1.54) is 11.9 Å². The highest BCUT2D eigenvalue weighted by Gasteiger charge is 2.45. The summed E-state index contributed by atoms with van der Waals surface area (Å²) in [6.45, 7) is 6.60. The van der Waals surface area contributed by atoms with Crippen molar-refractivity contribution in [2.24, 2.45) is 11.1 Å². The van der Waals surface area contributed by atoms with E-state index in [9.17, 15) is 13.2 Å². The summed E-state index contributed by atoms with van der Waals surface area (Å²) in [6.07, 6.45) is -1.48. The Hall–Kier alpha value is -1.94. The normalized spacial score (nSPS) is 22.0. The maximum atomic E-state index is 12.9. The van der Waals surface area contributed by atoms with Gasteiger partial charge >= 0.3 is 6.18 Å². The minimum atomic E-state index is -4.22. The van der Waals surface area contributed by atoms with Gasteiger partial charge in [0.05, 0.1) is 11.8 Å². The van der Waals surface area contributed by atoms with Gasteiger partial charge in [-0.25, -0.2) is 9.97 Å². The van der Waals surface area contributed by atoms with Crippen molar-refractivity contribution < 1.29 is 13.2 Å². The minimum absolute atomic E-state index is 0. The Labute approximate surface area is 207 Å². The lowest BCUT2D eigenvalue weighted by molar-refractivity contribution is -0.126. The second-order valence-corrected chi connectivity index (χ2v) is 10.5. The van der Waals surface area contributed by atoms with Crippen molar-refractivity contribution in [1.29, 1.82) is 0 Å². The van der Waals surface area contributed by atoms with Crippen LogP contribution in [0.25, 0.3) is 10.2 Å². The number of rotatable bonds is 5. The van der Waals surface area contributed by atoms with Crippen LogP contribution in [0.4, 0.5) is 19.0 Å². The van der Waals surface area contributed by atoms with Gasteiger partial charge in [-0.1, -0.05) is 24.3 Å². The van der Waals surface area contributed by atoms with Gasteiger partial charge in [0.1, 0.15) is 17.0 Å². The quantitative estimate of drug-likeness (QED) is 0.501. The van der Waals surface area contributed by atoms with E-state index in [4.69, 9.17) is 5.73 Å². The second kappa shape index (κ2) is 9.60. The molecule has 2 N–H and O–H groups in total. The average molecular weight is 512 g/mol. The van der Waals surface area contributed by atoms with Crippen LogP contribution in [0.1, 0.15) is 41.8 Å². The van der Waals surface area contributed by atoms with E-state index < -0.39 is 12.6 Å². The molecule has 4 heterocycles. The Morgan fingerprint density at radius 3 is 2.56 bits per heavy atom. The Bertz CT molecular complexity index is 1140. The lowest BCUT2D eigenvalue weighted by Gasteiger charge is -2.28. The summed E-state index contributed by atoms with van der Waals surface area (Å²) in [5.74, 6) is 0.769. The number of thiophene rings is 1. The van der Waals surface area contributed by atoms with Gasteiger partial charge in [-0.2, -0.15) is 13.2 Å². The fourth-order valence-electron chi connectivity index (χ4n) is 5.32. The van der Waals surface area contributed by atoms with Crippen LogP contribution in [-0.4, -0.2) is 47.2 Å². The molecular weight excluding hydrogens is 483 g/mol. The Kier molecular flexibility index (Phi) is 7.11. The molecule has 2 fully saturated rings. The molecule has 0 bridgehead atoms. The standard InChI is InChI=1S/C24H28F3N5S.ClH/c1-16(18-4-2-17(12-28)3-5-18)31-8-6-23(13-31)7-9-32(14-23)21-20-10-19(11-24(25,26)27)33-22(20)30-15-29-21;/h2-5,10,15-16H,6-9,11-14,28H2,1H3;1H. The number of fused-ring (bicyclic) bond motifs is 1. The number of anilines is 1. The first-order chi connectivity index (χ1) is 15.8. The number of alkyl halides is 3. The van der Waals surface area contributed by atoms with E-state index >= 15 is 0 Å². The molecule has 34 heavy (non-hydrogen) atoms. The predicted octanol–water partition coefficient (Wildman–Crippen LogP) is 5.34. The molecule has 2 saturated heterocycles. The lowest BCUT2D eigenvalue weighted by atomic mass is 9.86. The number of benzene rings is 1. The SMILES string of the molecule is CC(c1ccc(CN)cc1)N1CCC2(CCN(c3ncnc4sc(CC(F)(F)F)cc34)C2)C1.Cl. The van der Waals surface area contributed by atoms with Crippen LogP contribution >= 0.6 is 23.7 Å². The third kappa shape index (κ3) is 5.03. The number of hydrogen-bond acceptors (Lipinski definition) is 6. The van der Waals surface area contributed by atoms with Crippen LogP contribution in [0.15, 0.2) is 36.7 Å². The van der Waals surface area contributed by atoms with Crippen molar-refractivity contribution >= 4 is 39.8 Å². The topological polar surface area (TPSA) is 58.3 Å². The summed E-state index contributed by atoms with van der Waals surface area (Å²) >= 11 is 1.11. The lowest BCUT2D eigenvalue weighted by Crippen LogP contribution is -2.32. The number of nitrogens with zero attached hydrogens (tertiary/aromatic N) is 4. The summed E-state index contributed by atoms with van der Waals surface area (Å²) in [5, 5.41) is 0.738. The molecular formula is C24H29ClF3N5S. The molecule has 5 nitrogen and oxygen atoms in total. The molecule has 184 valence electrons.